The zero-order chi connectivity index (χ0) is 15.5. The molecule has 116 valence electrons. The molecule has 2 rings (SSSR count). The quantitative estimate of drug-likeness (QED) is 0.672. The monoisotopic (exact) mass is 286 g/mol. The number of hydrogen-bond acceptors (Lipinski definition) is 1. The van der Waals surface area contributed by atoms with Crippen molar-refractivity contribution in [1.29, 1.82) is 0 Å². The summed E-state index contributed by atoms with van der Waals surface area (Å²) in [5.41, 5.74) is 1.35. The van der Waals surface area contributed by atoms with Crippen LogP contribution >= 0.6 is 0 Å². The Hall–Kier alpha value is -1.34. The highest BCUT2D eigenvalue weighted by molar-refractivity contribution is 5.85. The number of fused-ring (bicyclic) bond motifs is 1. The van der Waals surface area contributed by atoms with Crippen molar-refractivity contribution in [3.8, 4) is 0 Å². The van der Waals surface area contributed by atoms with Gasteiger partial charge in [-0.05, 0) is 35.6 Å². The van der Waals surface area contributed by atoms with E-state index >= 15 is 0 Å². The molecule has 2 aromatic carbocycles. The fourth-order valence-electron chi connectivity index (χ4n) is 2.49. The van der Waals surface area contributed by atoms with Crippen molar-refractivity contribution in [2.45, 2.75) is 52.9 Å². The molecular formula is C20H30O. The Balaban J connectivity index is 0.000000212. The summed E-state index contributed by atoms with van der Waals surface area (Å²) in [5, 5.41) is 11.5. The van der Waals surface area contributed by atoms with Crippen LogP contribution < -0.4 is 0 Å². The first-order chi connectivity index (χ1) is 10.2. The maximum Gasteiger partial charge on any atom is 0.0459 e. The molecular weight excluding hydrogens is 256 g/mol. The molecule has 0 aliphatic carbocycles. The van der Waals surface area contributed by atoms with Crippen molar-refractivity contribution in [2.24, 2.45) is 5.92 Å². The van der Waals surface area contributed by atoms with Crippen molar-refractivity contribution in [3.63, 3.8) is 0 Å². The van der Waals surface area contributed by atoms with Gasteiger partial charge in [0.1, 0.15) is 0 Å². The van der Waals surface area contributed by atoms with Crippen LogP contribution in [0.25, 0.3) is 10.8 Å². The molecule has 0 bridgehead atoms. The summed E-state index contributed by atoms with van der Waals surface area (Å²) < 4.78 is 0. The summed E-state index contributed by atoms with van der Waals surface area (Å²) in [5.74, 6) is 0.562. The van der Waals surface area contributed by atoms with E-state index in [9.17, 15) is 0 Å². The third kappa shape index (κ3) is 6.31. The van der Waals surface area contributed by atoms with Crippen LogP contribution in [-0.4, -0.2) is 11.7 Å². The van der Waals surface area contributed by atoms with E-state index in [4.69, 9.17) is 5.11 Å². The van der Waals surface area contributed by atoms with Crippen molar-refractivity contribution in [3.05, 3.63) is 48.0 Å². The van der Waals surface area contributed by atoms with Crippen LogP contribution in [0.4, 0.5) is 0 Å². The van der Waals surface area contributed by atoms with Gasteiger partial charge in [0.25, 0.3) is 0 Å². The molecule has 0 spiro atoms. The molecule has 0 heterocycles. The standard InChI is InChI=1S/C11H10.C9H20O/c1-9-5-4-7-10-6-2-3-8-11(9)10;1-3-5-6-7-9(4-2)8-10/h2-8H,1H3;9-10H,3-8H2,1-2H3. The van der Waals surface area contributed by atoms with Gasteiger partial charge < -0.3 is 5.11 Å². The second-order valence-corrected chi connectivity index (χ2v) is 5.75. The number of unbranched alkanes of at least 4 members (excludes halogenated alkanes) is 2. The Bertz CT molecular complexity index is 495. The SMILES string of the molecule is CCCCCC(CC)CO.Cc1cccc2ccccc12. The number of aliphatic hydroxyl groups excluding tert-OH is 1. The van der Waals surface area contributed by atoms with Crippen LogP contribution in [0, 0.1) is 12.8 Å². The molecule has 0 aliphatic rings. The molecule has 21 heavy (non-hydrogen) atoms. The highest BCUT2D eigenvalue weighted by Gasteiger charge is 2.02. The predicted octanol–water partition coefficient (Wildman–Crippen LogP) is 5.73. The van der Waals surface area contributed by atoms with Crippen LogP contribution in [0.2, 0.25) is 0 Å². The summed E-state index contributed by atoms with van der Waals surface area (Å²) in [4.78, 5) is 0. The molecule has 1 heteroatoms. The summed E-state index contributed by atoms with van der Waals surface area (Å²) in [6.07, 6.45) is 6.22. The molecule has 2 aromatic rings. The molecule has 1 nitrogen and oxygen atoms in total. The molecule has 1 N–H and O–H groups in total. The van der Waals surface area contributed by atoms with Gasteiger partial charge in [-0.1, -0.05) is 82.0 Å². The number of aliphatic hydroxyl groups is 1. The van der Waals surface area contributed by atoms with E-state index in [1.807, 2.05) is 0 Å². The minimum atomic E-state index is 0.375. The van der Waals surface area contributed by atoms with Crippen LogP contribution in [0.5, 0.6) is 0 Å². The van der Waals surface area contributed by atoms with Crippen molar-refractivity contribution >= 4 is 10.8 Å². The summed E-state index contributed by atoms with van der Waals surface area (Å²) >= 11 is 0. The highest BCUT2D eigenvalue weighted by atomic mass is 16.3. The van der Waals surface area contributed by atoms with Gasteiger partial charge in [0.05, 0.1) is 0 Å². The largest absolute Gasteiger partial charge is 0.396 e. The van der Waals surface area contributed by atoms with Crippen LogP contribution in [-0.2, 0) is 0 Å². The van der Waals surface area contributed by atoms with Gasteiger partial charge in [-0.15, -0.1) is 0 Å². The topological polar surface area (TPSA) is 20.2 Å². The van der Waals surface area contributed by atoms with Gasteiger partial charge in [0, 0.05) is 6.61 Å². The Morgan fingerprint density at radius 1 is 0.952 bits per heavy atom. The molecule has 0 fully saturated rings. The number of benzene rings is 2. The van der Waals surface area contributed by atoms with E-state index < -0.39 is 0 Å². The minimum Gasteiger partial charge on any atom is -0.396 e. The van der Waals surface area contributed by atoms with Gasteiger partial charge in [0.15, 0.2) is 0 Å². The number of rotatable bonds is 6. The van der Waals surface area contributed by atoms with Crippen LogP contribution in [0.1, 0.15) is 51.5 Å². The van der Waals surface area contributed by atoms with Gasteiger partial charge >= 0.3 is 0 Å². The fraction of sp³-hybridized carbons (Fsp3) is 0.500. The van der Waals surface area contributed by atoms with Gasteiger partial charge in [0.2, 0.25) is 0 Å². The first-order valence-electron chi connectivity index (χ1n) is 8.28. The number of hydrogen-bond donors (Lipinski definition) is 1. The van der Waals surface area contributed by atoms with E-state index in [2.05, 4.69) is 63.2 Å². The van der Waals surface area contributed by atoms with Crippen LogP contribution in [0.15, 0.2) is 42.5 Å². The maximum atomic E-state index is 8.83. The molecule has 0 aliphatic heterocycles. The van der Waals surface area contributed by atoms with Crippen LogP contribution in [0.3, 0.4) is 0 Å². The zero-order valence-corrected chi connectivity index (χ0v) is 13.8. The van der Waals surface area contributed by atoms with Gasteiger partial charge in [-0.25, -0.2) is 0 Å². The molecule has 0 saturated heterocycles. The number of aryl methyl sites for hydroxylation is 1. The summed E-state index contributed by atoms with van der Waals surface area (Å²) in [6.45, 7) is 6.87. The Labute approximate surface area is 130 Å². The van der Waals surface area contributed by atoms with E-state index in [0.717, 1.165) is 6.42 Å². The fourth-order valence-corrected chi connectivity index (χ4v) is 2.49. The predicted molar refractivity (Wildman–Crippen MR) is 93.7 cm³/mol. The lowest BCUT2D eigenvalue weighted by molar-refractivity contribution is 0.212. The Morgan fingerprint density at radius 3 is 2.29 bits per heavy atom. The van der Waals surface area contributed by atoms with E-state index in [1.165, 1.54) is 42.0 Å². The van der Waals surface area contributed by atoms with Crippen molar-refractivity contribution < 1.29 is 5.11 Å². The summed E-state index contributed by atoms with van der Waals surface area (Å²) in [6, 6.07) is 14.8. The zero-order valence-electron chi connectivity index (χ0n) is 13.8. The smallest absolute Gasteiger partial charge is 0.0459 e. The maximum absolute atomic E-state index is 8.83. The second-order valence-electron chi connectivity index (χ2n) is 5.75. The highest BCUT2D eigenvalue weighted by Crippen LogP contribution is 2.16. The lowest BCUT2D eigenvalue weighted by Crippen LogP contribution is -2.03. The Morgan fingerprint density at radius 2 is 1.67 bits per heavy atom. The normalized spacial score (nSPS) is 11.8. The average molecular weight is 286 g/mol. The second kappa shape index (κ2) is 10.4. The Kier molecular flexibility index (Phi) is 8.77. The molecule has 0 saturated carbocycles. The van der Waals surface area contributed by atoms with Crippen molar-refractivity contribution in [1.82, 2.24) is 0 Å². The van der Waals surface area contributed by atoms with E-state index in [0.29, 0.717) is 12.5 Å². The third-order valence-corrected chi connectivity index (χ3v) is 4.06. The average Bonchev–Trinajstić information content (AvgIpc) is 2.53. The minimum absolute atomic E-state index is 0.375. The molecule has 1 atom stereocenters. The molecule has 1 unspecified atom stereocenters. The third-order valence-electron chi connectivity index (χ3n) is 4.06. The van der Waals surface area contributed by atoms with Gasteiger partial charge in [-0.3, -0.25) is 0 Å². The van der Waals surface area contributed by atoms with Gasteiger partial charge in [-0.2, -0.15) is 0 Å². The van der Waals surface area contributed by atoms with E-state index in [1.54, 1.807) is 0 Å². The molecule has 0 amide bonds. The lowest BCUT2D eigenvalue weighted by Gasteiger charge is -2.09. The van der Waals surface area contributed by atoms with Crippen molar-refractivity contribution in [2.75, 3.05) is 6.61 Å². The summed E-state index contributed by atoms with van der Waals surface area (Å²) in [7, 11) is 0. The first-order valence-corrected chi connectivity index (χ1v) is 8.28. The van der Waals surface area contributed by atoms with E-state index in [-0.39, 0.29) is 0 Å². The first kappa shape index (κ1) is 17.7. The molecule has 0 radical (unpaired) electrons. The molecule has 0 aromatic heterocycles. The lowest BCUT2D eigenvalue weighted by atomic mass is 10.00.